The Morgan fingerprint density at radius 2 is 2.12 bits per heavy atom. The second-order valence-electron chi connectivity index (χ2n) is 4.21. The van der Waals surface area contributed by atoms with Crippen molar-refractivity contribution in [2.75, 3.05) is 0 Å². The molecule has 2 heterocycles. The number of nitrogens with one attached hydrogen (secondary N) is 1. The zero-order chi connectivity index (χ0) is 12.2. The summed E-state index contributed by atoms with van der Waals surface area (Å²) in [5.41, 5.74) is 0.497. The molecule has 1 fully saturated rings. The first-order valence-electron chi connectivity index (χ1n) is 5.32. The van der Waals surface area contributed by atoms with Gasteiger partial charge in [0, 0.05) is 6.04 Å². The highest BCUT2D eigenvalue weighted by Crippen LogP contribution is 2.25. The molecule has 3 rings (SSSR count). The minimum atomic E-state index is -3.50. The standard InChI is InChI=1S/C9H12N4O2S2/c1-5-8(17(14,15)12-7-3-4-7)13-9(10-5)16-6(2)11-13/h7,12H,3-4H2,1-2H3. The third-order valence-electron chi connectivity index (χ3n) is 2.58. The Bertz CT molecular complexity index is 681. The zero-order valence-electron chi connectivity index (χ0n) is 9.47. The average Bonchev–Trinajstić information content (AvgIpc) is 2.82. The molecule has 0 radical (unpaired) electrons. The molecule has 0 aliphatic heterocycles. The van der Waals surface area contributed by atoms with E-state index in [1.807, 2.05) is 6.92 Å². The van der Waals surface area contributed by atoms with E-state index in [9.17, 15) is 8.42 Å². The van der Waals surface area contributed by atoms with Crippen LogP contribution in [0.4, 0.5) is 0 Å². The Labute approximate surface area is 103 Å². The fourth-order valence-electron chi connectivity index (χ4n) is 1.71. The first-order valence-corrected chi connectivity index (χ1v) is 7.62. The zero-order valence-corrected chi connectivity index (χ0v) is 11.1. The van der Waals surface area contributed by atoms with Crippen LogP contribution in [0.5, 0.6) is 0 Å². The summed E-state index contributed by atoms with van der Waals surface area (Å²) in [4.78, 5) is 4.85. The summed E-state index contributed by atoms with van der Waals surface area (Å²) in [6.07, 6.45) is 1.83. The van der Waals surface area contributed by atoms with Gasteiger partial charge in [0.1, 0.15) is 5.01 Å². The van der Waals surface area contributed by atoms with E-state index in [2.05, 4.69) is 14.8 Å². The van der Waals surface area contributed by atoms with Crippen LogP contribution in [-0.2, 0) is 10.0 Å². The third-order valence-corrected chi connectivity index (χ3v) is 5.02. The molecule has 2 aromatic heterocycles. The molecule has 1 aliphatic rings. The molecule has 92 valence electrons. The largest absolute Gasteiger partial charge is 0.260 e. The van der Waals surface area contributed by atoms with Gasteiger partial charge in [-0.3, -0.25) is 0 Å². The Kier molecular flexibility index (Phi) is 2.29. The van der Waals surface area contributed by atoms with Gasteiger partial charge in [-0.2, -0.15) is 9.61 Å². The number of hydrogen-bond acceptors (Lipinski definition) is 5. The van der Waals surface area contributed by atoms with E-state index >= 15 is 0 Å². The normalized spacial score (nSPS) is 16.8. The van der Waals surface area contributed by atoms with Gasteiger partial charge in [0.15, 0.2) is 5.03 Å². The number of fused-ring (bicyclic) bond motifs is 1. The molecule has 8 heteroatoms. The highest BCUT2D eigenvalue weighted by atomic mass is 32.2. The van der Waals surface area contributed by atoms with Crippen LogP contribution < -0.4 is 4.72 Å². The van der Waals surface area contributed by atoms with Crippen LogP contribution in [0.2, 0.25) is 0 Å². The van der Waals surface area contributed by atoms with Gasteiger partial charge >= 0.3 is 0 Å². The number of sulfonamides is 1. The second-order valence-corrected chi connectivity index (χ2v) is 7.00. The minimum absolute atomic E-state index is 0.0877. The van der Waals surface area contributed by atoms with E-state index in [0.29, 0.717) is 10.7 Å². The lowest BCUT2D eigenvalue weighted by Crippen LogP contribution is -2.27. The predicted octanol–water partition coefficient (Wildman–Crippen LogP) is 0.848. The SMILES string of the molecule is Cc1nn2c(S(=O)(=O)NC3CC3)c(C)nc2s1. The van der Waals surface area contributed by atoms with Gasteiger partial charge in [0.05, 0.1) is 5.69 Å². The highest BCUT2D eigenvalue weighted by Gasteiger charge is 2.32. The smallest absolute Gasteiger partial charge is 0.221 e. The number of aromatic nitrogens is 3. The fraction of sp³-hybridized carbons (Fsp3) is 0.556. The van der Waals surface area contributed by atoms with Crippen molar-refractivity contribution in [3.8, 4) is 0 Å². The topological polar surface area (TPSA) is 76.4 Å². The molecule has 0 atom stereocenters. The van der Waals surface area contributed by atoms with Crippen molar-refractivity contribution in [3.63, 3.8) is 0 Å². The first-order chi connectivity index (χ1) is 7.97. The number of nitrogens with zero attached hydrogens (tertiary/aromatic N) is 3. The van der Waals surface area contributed by atoms with Crippen molar-refractivity contribution in [2.24, 2.45) is 0 Å². The van der Waals surface area contributed by atoms with Crippen LogP contribution in [-0.4, -0.2) is 29.1 Å². The summed E-state index contributed by atoms with van der Waals surface area (Å²) >= 11 is 1.39. The van der Waals surface area contributed by atoms with E-state index in [1.165, 1.54) is 15.9 Å². The maximum absolute atomic E-state index is 12.2. The van der Waals surface area contributed by atoms with E-state index in [0.717, 1.165) is 17.8 Å². The number of aryl methyl sites for hydroxylation is 2. The molecule has 1 aliphatic carbocycles. The Hall–Kier alpha value is -0.990. The number of imidazole rings is 1. The summed E-state index contributed by atoms with van der Waals surface area (Å²) in [6, 6.07) is 0.0877. The molecule has 1 N–H and O–H groups in total. The van der Waals surface area contributed by atoms with E-state index in [1.54, 1.807) is 6.92 Å². The van der Waals surface area contributed by atoms with Gasteiger partial charge in [0.25, 0.3) is 10.0 Å². The highest BCUT2D eigenvalue weighted by molar-refractivity contribution is 7.89. The molecule has 0 spiro atoms. The van der Waals surface area contributed by atoms with Crippen LogP contribution in [0.25, 0.3) is 4.96 Å². The first kappa shape index (κ1) is 11.1. The van der Waals surface area contributed by atoms with Crippen molar-refractivity contribution in [3.05, 3.63) is 10.7 Å². The third kappa shape index (κ3) is 1.85. The van der Waals surface area contributed by atoms with Gasteiger partial charge < -0.3 is 0 Å². The predicted molar refractivity (Wildman–Crippen MR) is 63.7 cm³/mol. The minimum Gasteiger partial charge on any atom is -0.221 e. The lowest BCUT2D eigenvalue weighted by Gasteiger charge is -2.03. The van der Waals surface area contributed by atoms with Crippen molar-refractivity contribution >= 4 is 26.3 Å². The molecular weight excluding hydrogens is 260 g/mol. The average molecular weight is 272 g/mol. The molecule has 6 nitrogen and oxygen atoms in total. The van der Waals surface area contributed by atoms with Crippen LogP contribution in [0, 0.1) is 13.8 Å². The van der Waals surface area contributed by atoms with Gasteiger partial charge in [-0.1, -0.05) is 11.3 Å². The lowest BCUT2D eigenvalue weighted by molar-refractivity contribution is 0.572. The summed E-state index contributed by atoms with van der Waals surface area (Å²) in [5.74, 6) is 0. The fourth-order valence-corrected chi connectivity index (χ4v) is 4.13. The number of hydrogen-bond donors (Lipinski definition) is 1. The van der Waals surface area contributed by atoms with Gasteiger partial charge in [-0.25, -0.2) is 18.1 Å². The Morgan fingerprint density at radius 3 is 2.76 bits per heavy atom. The maximum atomic E-state index is 12.2. The maximum Gasteiger partial charge on any atom is 0.260 e. The molecule has 0 unspecified atom stereocenters. The molecule has 17 heavy (non-hydrogen) atoms. The quantitative estimate of drug-likeness (QED) is 0.898. The molecule has 0 amide bonds. The van der Waals surface area contributed by atoms with Crippen molar-refractivity contribution in [2.45, 2.75) is 37.8 Å². The summed E-state index contributed by atoms with van der Waals surface area (Å²) < 4.78 is 28.4. The van der Waals surface area contributed by atoms with Crippen molar-refractivity contribution in [1.82, 2.24) is 19.3 Å². The molecule has 0 bridgehead atoms. The van der Waals surface area contributed by atoms with Gasteiger partial charge in [0.2, 0.25) is 4.96 Å². The Balaban J connectivity index is 2.17. The molecule has 2 aromatic rings. The number of rotatable bonds is 3. The monoisotopic (exact) mass is 272 g/mol. The summed E-state index contributed by atoms with van der Waals surface area (Å²) in [6.45, 7) is 3.53. The van der Waals surface area contributed by atoms with E-state index in [4.69, 9.17) is 0 Å². The van der Waals surface area contributed by atoms with Crippen LogP contribution in [0.3, 0.4) is 0 Å². The van der Waals surface area contributed by atoms with E-state index < -0.39 is 10.0 Å². The summed E-state index contributed by atoms with van der Waals surface area (Å²) in [7, 11) is -3.50. The second kappa shape index (κ2) is 3.50. The van der Waals surface area contributed by atoms with Gasteiger partial charge in [-0.15, -0.1) is 0 Å². The molecule has 0 aromatic carbocycles. The van der Waals surface area contributed by atoms with Crippen LogP contribution >= 0.6 is 11.3 Å². The van der Waals surface area contributed by atoms with Crippen LogP contribution in [0.1, 0.15) is 23.5 Å². The Morgan fingerprint density at radius 1 is 1.41 bits per heavy atom. The lowest BCUT2D eigenvalue weighted by atomic mass is 10.6. The van der Waals surface area contributed by atoms with E-state index in [-0.39, 0.29) is 11.1 Å². The molecule has 0 saturated heterocycles. The van der Waals surface area contributed by atoms with Crippen molar-refractivity contribution in [1.29, 1.82) is 0 Å². The molecule has 1 saturated carbocycles. The summed E-state index contributed by atoms with van der Waals surface area (Å²) in [5, 5.41) is 5.15. The molecular formula is C9H12N4O2S2. The van der Waals surface area contributed by atoms with Gasteiger partial charge in [-0.05, 0) is 26.7 Å². The van der Waals surface area contributed by atoms with Crippen LogP contribution in [0.15, 0.2) is 5.03 Å². The van der Waals surface area contributed by atoms with Crippen molar-refractivity contribution < 1.29 is 8.42 Å².